The zero-order chi connectivity index (χ0) is 6.85. The maximum absolute atomic E-state index is 9.03. The van der Waals surface area contributed by atoms with Crippen molar-refractivity contribution in [2.45, 2.75) is 13.7 Å². The van der Waals surface area contributed by atoms with E-state index in [1.165, 1.54) is 0 Å². The van der Waals surface area contributed by atoms with Crippen LogP contribution in [0.2, 0.25) is 6.82 Å². The molecule has 1 rings (SSSR count). The summed E-state index contributed by atoms with van der Waals surface area (Å²) in [6.45, 7) is 3.19. The fourth-order valence-corrected chi connectivity index (χ4v) is 0.781. The minimum Gasteiger partial charge on any atom is -0.446 e. The van der Waals surface area contributed by atoms with E-state index in [9.17, 15) is 0 Å². The van der Waals surface area contributed by atoms with Gasteiger partial charge in [0, 0.05) is 11.9 Å². The lowest BCUT2D eigenvalue weighted by atomic mass is 9.65. The molecule has 0 amide bonds. The molecule has 0 radical (unpaired) electrons. The molecule has 0 aliphatic rings. The van der Waals surface area contributed by atoms with E-state index in [2.05, 4.69) is 10.2 Å². The summed E-state index contributed by atoms with van der Waals surface area (Å²) >= 11 is 0. The number of aromatic amines is 1. The first kappa shape index (κ1) is 6.36. The minimum atomic E-state index is -0.413. The first-order valence-corrected chi connectivity index (χ1v) is 2.89. The van der Waals surface area contributed by atoms with Crippen LogP contribution < -0.4 is 5.46 Å². The molecule has 0 aromatic carbocycles. The molecule has 4 heteroatoms. The summed E-state index contributed by atoms with van der Waals surface area (Å²) < 4.78 is 0. The van der Waals surface area contributed by atoms with Crippen LogP contribution in [0.5, 0.6) is 0 Å². The fourth-order valence-electron chi connectivity index (χ4n) is 0.781. The second-order valence-electron chi connectivity index (χ2n) is 2.13. The molecule has 0 saturated heterocycles. The van der Waals surface area contributed by atoms with E-state index in [0.717, 1.165) is 11.2 Å². The first-order valence-electron chi connectivity index (χ1n) is 2.89. The number of H-pyrrole nitrogens is 1. The number of aromatic nitrogens is 2. The highest BCUT2D eigenvalue weighted by Gasteiger charge is 2.09. The van der Waals surface area contributed by atoms with Crippen molar-refractivity contribution < 1.29 is 5.02 Å². The molecular formula is C5H9BN2O. The van der Waals surface area contributed by atoms with E-state index in [-0.39, 0.29) is 0 Å². The van der Waals surface area contributed by atoms with Crippen molar-refractivity contribution in [3.05, 3.63) is 11.9 Å². The van der Waals surface area contributed by atoms with E-state index < -0.39 is 6.92 Å². The maximum atomic E-state index is 9.03. The molecular weight excluding hydrogens is 115 g/mol. The predicted molar refractivity (Wildman–Crippen MR) is 36.8 cm³/mol. The molecule has 3 nitrogen and oxygen atoms in total. The fraction of sp³-hybridized carbons (Fsp3) is 0.400. The zero-order valence-electron chi connectivity index (χ0n) is 5.55. The van der Waals surface area contributed by atoms with Crippen LogP contribution in [-0.2, 0) is 0 Å². The van der Waals surface area contributed by atoms with Crippen molar-refractivity contribution in [2.75, 3.05) is 0 Å². The Hall–Kier alpha value is -0.765. The van der Waals surface area contributed by atoms with Gasteiger partial charge in [-0.2, -0.15) is 5.10 Å². The van der Waals surface area contributed by atoms with Crippen molar-refractivity contribution in [3.8, 4) is 0 Å². The summed E-state index contributed by atoms with van der Waals surface area (Å²) in [5.74, 6) is 0. The minimum absolute atomic E-state index is 0.413. The summed E-state index contributed by atoms with van der Waals surface area (Å²) in [6.07, 6.45) is 1.64. The SMILES string of the molecule is CB(O)c1cn[nH]c1C. The highest BCUT2D eigenvalue weighted by atomic mass is 16.2. The third-order valence-corrected chi connectivity index (χ3v) is 1.32. The number of nitrogens with zero attached hydrogens (tertiary/aromatic N) is 1. The van der Waals surface area contributed by atoms with Crippen LogP contribution in [0.3, 0.4) is 0 Å². The van der Waals surface area contributed by atoms with Crippen LogP contribution in [0.1, 0.15) is 5.69 Å². The smallest absolute Gasteiger partial charge is 0.323 e. The monoisotopic (exact) mass is 124 g/mol. The Morgan fingerprint density at radius 3 is 2.67 bits per heavy atom. The second-order valence-corrected chi connectivity index (χ2v) is 2.13. The molecule has 1 aromatic heterocycles. The van der Waals surface area contributed by atoms with Crippen LogP contribution in [-0.4, -0.2) is 22.1 Å². The third-order valence-electron chi connectivity index (χ3n) is 1.32. The van der Waals surface area contributed by atoms with Crippen molar-refractivity contribution in [2.24, 2.45) is 0 Å². The van der Waals surface area contributed by atoms with Crippen LogP contribution >= 0.6 is 0 Å². The Morgan fingerprint density at radius 2 is 2.44 bits per heavy atom. The average Bonchev–Trinajstić information content (AvgIpc) is 2.13. The van der Waals surface area contributed by atoms with Gasteiger partial charge in [0.05, 0.1) is 0 Å². The molecule has 0 atom stereocenters. The molecule has 1 heterocycles. The normalized spacial score (nSPS) is 9.67. The van der Waals surface area contributed by atoms with E-state index in [1.54, 1.807) is 13.0 Å². The van der Waals surface area contributed by atoms with Crippen LogP contribution in [0.15, 0.2) is 6.20 Å². The Kier molecular flexibility index (Phi) is 1.57. The molecule has 0 aliphatic carbocycles. The van der Waals surface area contributed by atoms with Gasteiger partial charge in [0.25, 0.3) is 0 Å². The summed E-state index contributed by atoms with van der Waals surface area (Å²) in [4.78, 5) is 0. The molecule has 1 aromatic rings. The van der Waals surface area contributed by atoms with Gasteiger partial charge in [0.1, 0.15) is 0 Å². The van der Waals surface area contributed by atoms with E-state index in [0.29, 0.717) is 0 Å². The Balaban J connectivity index is 2.94. The summed E-state index contributed by atoms with van der Waals surface area (Å²) in [6, 6.07) is 0. The van der Waals surface area contributed by atoms with Gasteiger partial charge >= 0.3 is 6.92 Å². The van der Waals surface area contributed by atoms with Crippen molar-refractivity contribution >= 4 is 12.4 Å². The molecule has 0 unspecified atom stereocenters. The standard InChI is InChI=1S/C5H9BN2O/c1-4-5(6(2)9)3-7-8-4/h3,9H,1-2H3,(H,7,8). The molecule has 0 fully saturated rings. The summed E-state index contributed by atoms with van der Waals surface area (Å²) in [5.41, 5.74) is 1.81. The molecule has 2 N–H and O–H groups in total. The predicted octanol–water partition coefficient (Wildman–Crippen LogP) is -0.461. The molecule has 9 heavy (non-hydrogen) atoms. The largest absolute Gasteiger partial charge is 0.446 e. The third kappa shape index (κ3) is 1.13. The number of aryl methyl sites for hydroxylation is 1. The molecule has 0 bridgehead atoms. The van der Waals surface area contributed by atoms with Crippen LogP contribution in [0, 0.1) is 6.92 Å². The Morgan fingerprint density at radius 1 is 1.78 bits per heavy atom. The molecule has 0 spiro atoms. The topological polar surface area (TPSA) is 48.9 Å². The van der Waals surface area contributed by atoms with Crippen LogP contribution in [0.4, 0.5) is 0 Å². The quantitative estimate of drug-likeness (QED) is 0.497. The lowest BCUT2D eigenvalue weighted by Crippen LogP contribution is -2.26. The van der Waals surface area contributed by atoms with Gasteiger partial charge in [-0.1, -0.05) is 6.82 Å². The summed E-state index contributed by atoms with van der Waals surface area (Å²) in [7, 11) is 0. The van der Waals surface area contributed by atoms with Gasteiger partial charge in [-0.05, 0) is 12.4 Å². The van der Waals surface area contributed by atoms with Gasteiger partial charge in [-0.15, -0.1) is 0 Å². The highest BCUT2D eigenvalue weighted by molar-refractivity contribution is 6.65. The first-order chi connectivity index (χ1) is 4.22. The van der Waals surface area contributed by atoms with Gasteiger partial charge in [-0.3, -0.25) is 5.10 Å². The maximum Gasteiger partial charge on any atom is 0.323 e. The summed E-state index contributed by atoms with van der Waals surface area (Å²) in [5, 5.41) is 15.5. The Bertz CT molecular complexity index is 197. The number of hydrogen-bond donors (Lipinski definition) is 2. The number of nitrogens with one attached hydrogen (secondary N) is 1. The molecule has 0 aliphatic heterocycles. The van der Waals surface area contributed by atoms with E-state index in [4.69, 9.17) is 5.02 Å². The van der Waals surface area contributed by atoms with E-state index >= 15 is 0 Å². The van der Waals surface area contributed by atoms with Crippen molar-refractivity contribution in [1.82, 2.24) is 10.2 Å². The molecule has 0 saturated carbocycles. The zero-order valence-corrected chi connectivity index (χ0v) is 5.55. The van der Waals surface area contributed by atoms with Gasteiger partial charge in [-0.25, -0.2) is 0 Å². The number of rotatable bonds is 1. The van der Waals surface area contributed by atoms with Crippen molar-refractivity contribution in [3.63, 3.8) is 0 Å². The van der Waals surface area contributed by atoms with Gasteiger partial charge in [0.2, 0.25) is 0 Å². The van der Waals surface area contributed by atoms with Gasteiger partial charge < -0.3 is 5.02 Å². The lowest BCUT2D eigenvalue weighted by molar-refractivity contribution is 0.593. The number of hydrogen-bond acceptors (Lipinski definition) is 2. The van der Waals surface area contributed by atoms with Crippen molar-refractivity contribution in [1.29, 1.82) is 0 Å². The Labute approximate surface area is 54.2 Å². The van der Waals surface area contributed by atoms with Crippen LogP contribution in [0.25, 0.3) is 0 Å². The molecule has 48 valence electrons. The average molecular weight is 124 g/mol. The van der Waals surface area contributed by atoms with E-state index in [1.807, 2.05) is 6.92 Å². The van der Waals surface area contributed by atoms with Gasteiger partial charge in [0.15, 0.2) is 0 Å². The highest BCUT2D eigenvalue weighted by Crippen LogP contribution is 1.86. The lowest BCUT2D eigenvalue weighted by Gasteiger charge is -1.93. The second kappa shape index (κ2) is 2.23.